The van der Waals surface area contributed by atoms with Gasteiger partial charge in [0.05, 0.1) is 0 Å². The molecule has 0 amide bonds. The lowest BCUT2D eigenvalue weighted by atomic mass is 9.85. The van der Waals surface area contributed by atoms with Gasteiger partial charge in [-0.3, -0.25) is 0 Å². The van der Waals surface area contributed by atoms with Crippen molar-refractivity contribution in [3.05, 3.63) is 65.2 Å². The Labute approximate surface area is 133 Å². The Balaban J connectivity index is 1.82. The van der Waals surface area contributed by atoms with Crippen LogP contribution < -0.4 is 11.5 Å². The minimum Gasteiger partial charge on any atom is -0.399 e. The fourth-order valence-corrected chi connectivity index (χ4v) is 3.47. The molecule has 2 unspecified atom stereocenters. The Morgan fingerprint density at radius 2 is 1.86 bits per heavy atom. The van der Waals surface area contributed by atoms with Gasteiger partial charge in [-0.1, -0.05) is 43.3 Å². The van der Waals surface area contributed by atoms with Gasteiger partial charge in [0.1, 0.15) is 0 Å². The second-order valence-electron chi connectivity index (χ2n) is 6.65. The number of benzene rings is 2. The summed E-state index contributed by atoms with van der Waals surface area (Å²) in [6.07, 6.45) is 3.71. The van der Waals surface area contributed by atoms with Crippen molar-refractivity contribution >= 4 is 5.69 Å². The molecule has 1 fully saturated rings. The second-order valence-corrected chi connectivity index (χ2v) is 6.65. The molecule has 1 aliphatic carbocycles. The molecule has 1 aliphatic rings. The van der Waals surface area contributed by atoms with Gasteiger partial charge in [0.2, 0.25) is 0 Å². The molecule has 0 bridgehead atoms. The maximum atomic E-state index is 6.06. The molecule has 2 atom stereocenters. The summed E-state index contributed by atoms with van der Waals surface area (Å²) < 4.78 is 0. The Morgan fingerprint density at radius 3 is 2.55 bits per heavy atom. The fourth-order valence-electron chi connectivity index (χ4n) is 3.47. The molecule has 2 heteroatoms. The van der Waals surface area contributed by atoms with Crippen molar-refractivity contribution in [3.8, 4) is 0 Å². The predicted molar refractivity (Wildman–Crippen MR) is 93.9 cm³/mol. The SMILES string of the molecule is CC(Cc1ccccc1C(CN)C1CC1)c1cccc(N)c1. The van der Waals surface area contributed by atoms with E-state index in [0.29, 0.717) is 11.8 Å². The Kier molecular flexibility index (Phi) is 4.49. The van der Waals surface area contributed by atoms with Crippen molar-refractivity contribution in [1.29, 1.82) is 0 Å². The van der Waals surface area contributed by atoms with Gasteiger partial charge in [-0.05, 0) is 72.4 Å². The average Bonchev–Trinajstić information content (AvgIpc) is 3.34. The standard InChI is InChI=1S/C20H26N2/c1-14(16-6-4-7-18(22)12-16)11-17-5-2-3-8-19(17)20(13-21)15-9-10-15/h2-8,12,14-15,20H,9-11,13,21-22H2,1H3. The Bertz CT molecular complexity index is 631. The van der Waals surface area contributed by atoms with E-state index in [1.807, 2.05) is 12.1 Å². The molecule has 2 aromatic carbocycles. The number of hydrogen-bond donors (Lipinski definition) is 2. The van der Waals surface area contributed by atoms with Crippen LogP contribution in [0, 0.1) is 5.92 Å². The molecule has 116 valence electrons. The zero-order valence-corrected chi connectivity index (χ0v) is 13.3. The maximum absolute atomic E-state index is 6.06. The molecule has 4 N–H and O–H groups in total. The van der Waals surface area contributed by atoms with Crippen LogP contribution >= 0.6 is 0 Å². The number of nitrogen functional groups attached to an aromatic ring is 1. The highest BCUT2D eigenvalue weighted by Crippen LogP contribution is 2.43. The van der Waals surface area contributed by atoms with Crippen LogP contribution in [0.5, 0.6) is 0 Å². The molecule has 0 spiro atoms. The molecule has 22 heavy (non-hydrogen) atoms. The van der Waals surface area contributed by atoms with Crippen LogP contribution in [0.4, 0.5) is 5.69 Å². The van der Waals surface area contributed by atoms with Crippen LogP contribution in [0.2, 0.25) is 0 Å². The first-order valence-corrected chi connectivity index (χ1v) is 8.32. The van der Waals surface area contributed by atoms with Gasteiger partial charge >= 0.3 is 0 Å². The minimum atomic E-state index is 0.460. The summed E-state index contributed by atoms with van der Waals surface area (Å²) in [5.41, 5.74) is 17.0. The summed E-state index contributed by atoms with van der Waals surface area (Å²) in [6, 6.07) is 17.1. The summed E-state index contributed by atoms with van der Waals surface area (Å²) in [7, 11) is 0. The molecular weight excluding hydrogens is 268 g/mol. The maximum Gasteiger partial charge on any atom is 0.0316 e. The largest absolute Gasteiger partial charge is 0.399 e. The van der Waals surface area contributed by atoms with Crippen LogP contribution in [0.1, 0.15) is 48.3 Å². The zero-order valence-electron chi connectivity index (χ0n) is 13.3. The molecule has 0 heterocycles. The van der Waals surface area contributed by atoms with Gasteiger partial charge in [0.15, 0.2) is 0 Å². The molecule has 3 rings (SSSR count). The Hall–Kier alpha value is -1.80. The monoisotopic (exact) mass is 294 g/mol. The lowest BCUT2D eigenvalue weighted by Crippen LogP contribution is -2.16. The third-order valence-electron chi connectivity index (χ3n) is 4.91. The summed E-state index contributed by atoms with van der Waals surface area (Å²) >= 11 is 0. The van der Waals surface area contributed by atoms with Crippen LogP contribution in [0.25, 0.3) is 0 Å². The third kappa shape index (κ3) is 3.33. The van der Waals surface area contributed by atoms with E-state index in [1.165, 1.54) is 29.5 Å². The van der Waals surface area contributed by atoms with E-state index >= 15 is 0 Å². The van der Waals surface area contributed by atoms with Gasteiger partial charge in [-0.25, -0.2) is 0 Å². The van der Waals surface area contributed by atoms with E-state index in [9.17, 15) is 0 Å². The summed E-state index contributed by atoms with van der Waals surface area (Å²) in [5.74, 6) is 1.79. The summed E-state index contributed by atoms with van der Waals surface area (Å²) in [4.78, 5) is 0. The fraction of sp³-hybridized carbons (Fsp3) is 0.400. The first-order chi connectivity index (χ1) is 10.7. The zero-order chi connectivity index (χ0) is 15.5. The van der Waals surface area contributed by atoms with Gasteiger partial charge < -0.3 is 11.5 Å². The highest BCUT2D eigenvalue weighted by molar-refractivity contribution is 5.42. The van der Waals surface area contributed by atoms with Crippen LogP contribution in [-0.4, -0.2) is 6.54 Å². The lowest BCUT2D eigenvalue weighted by Gasteiger charge is -2.21. The van der Waals surface area contributed by atoms with Crippen LogP contribution in [0.15, 0.2) is 48.5 Å². The predicted octanol–water partition coefficient (Wildman–Crippen LogP) is 4.07. The molecule has 0 aromatic heterocycles. The highest BCUT2D eigenvalue weighted by atomic mass is 14.6. The van der Waals surface area contributed by atoms with Crippen molar-refractivity contribution in [2.75, 3.05) is 12.3 Å². The number of nitrogens with two attached hydrogens (primary N) is 2. The third-order valence-corrected chi connectivity index (χ3v) is 4.91. The first kappa shape index (κ1) is 15.1. The van der Waals surface area contributed by atoms with Crippen molar-refractivity contribution in [2.24, 2.45) is 11.7 Å². The van der Waals surface area contributed by atoms with E-state index in [0.717, 1.165) is 24.6 Å². The van der Waals surface area contributed by atoms with E-state index in [2.05, 4.69) is 43.3 Å². The molecule has 0 radical (unpaired) electrons. The van der Waals surface area contributed by atoms with E-state index < -0.39 is 0 Å². The average molecular weight is 294 g/mol. The van der Waals surface area contributed by atoms with E-state index in [1.54, 1.807) is 0 Å². The summed E-state index contributed by atoms with van der Waals surface area (Å²) in [6.45, 7) is 3.04. The van der Waals surface area contributed by atoms with Gasteiger partial charge in [-0.15, -0.1) is 0 Å². The van der Waals surface area contributed by atoms with Crippen LogP contribution in [-0.2, 0) is 6.42 Å². The Morgan fingerprint density at radius 1 is 1.09 bits per heavy atom. The smallest absolute Gasteiger partial charge is 0.0316 e. The van der Waals surface area contributed by atoms with Gasteiger partial charge in [0, 0.05) is 5.69 Å². The van der Waals surface area contributed by atoms with Crippen LogP contribution in [0.3, 0.4) is 0 Å². The first-order valence-electron chi connectivity index (χ1n) is 8.32. The van der Waals surface area contributed by atoms with Crippen molar-refractivity contribution in [1.82, 2.24) is 0 Å². The second kappa shape index (κ2) is 6.53. The van der Waals surface area contributed by atoms with E-state index in [-0.39, 0.29) is 0 Å². The highest BCUT2D eigenvalue weighted by Gasteiger charge is 2.32. The molecule has 0 aliphatic heterocycles. The van der Waals surface area contributed by atoms with Gasteiger partial charge in [0.25, 0.3) is 0 Å². The number of hydrogen-bond acceptors (Lipinski definition) is 2. The van der Waals surface area contributed by atoms with E-state index in [4.69, 9.17) is 11.5 Å². The number of rotatable bonds is 6. The van der Waals surface area contributed by atoms with Crippen molar-refractivity contribution < 1.29 is 0 Å². The molecule has 2 aromatic rings. The molecule has 2 nitrogen and oxygen atoms in total. The summed E-state index contributed by atoms with van der Waals surface area (Å²) in [5, 5.41) is 0. The van der Waals surface area contributed by atoms with Gasteiger partial charge in [-0.2, -0.15) is 0 Å². The minimum absolute atomic E-state index is 0.460. The number of anilines is 1. The normalized spacial score (nSPS) is 17.2. The molecule has 1 saturated carbocycles. The topological polar surface area (TPSA) is 52.0 Å². The lowest BCUT2D eigenvalue weighted by molar-refractivity contribution is 0.604. The molecular formula is C20H26N2. The van der Waals surface area contributed by atoms with Crippen molar-refractivity contribution in [2.45, 2.75) is 38.0 Å². The molecule has 0 saturated heterocycles. The van der Waals surface area contributed by atoms with Crippen molar-refractivity contribution in [3.63, 3.8) is 0 Å². The quantitative estimate of drug-likeness (QED) is 0.789.